The van der Waals surface area contributed by atoms with Gasteiger partial charge in [0, 0.05) is 6.07 Å². The zero-order valence-electron chi connectivity index (χ0n) is 17.6. The second kappa shape index (κ2) is 7.09. The minimum absolute atomic E-state index is 0.174. The molecule has 0 aromatic heterocycles. The van der Waals surface area contributed by atoms with Crippen LogP contribution in [0.25, 0.3) is 0 Å². The molecular formula is C15H20F3NO3. The average Bonchev–Trinajstić information content (AvgIpc) is 3.27. The monoisotopic (exact) mass is 325 g/mol. The number of nitrogens with one attached hydrogen (secondary N) is 1. The highest BCUT2D eigenvalue weighted by Gasteiger charge is 2.33. The maximum atomic E-state index is 12.7. The van der Waals surface area contributed by atoms with Gasteiger partial charge >= 0.3 is 6.36 Å². The lowest BCUT2D eigenvalue weighted by atomic mass is 10.1. The summed E-state index contributed by atoms with van der Waals surface area (Å²) in [5, 5.41) is 3.15. The molecule has 124 valence electrons. The molecule has 1 aromatic rings. The molecule has 0 unspecified atom stereocenters. The third-order valence-electron chi connectivity index (χ3n) is 3.27. The van der Waals surface area contributed by atoms with Crippen molar-refractivity contribution in [3.8, 4) is 17.2 Å². The SMILES string of the molecule is [2H]C([2H])([2H])Oc1cc(OC(F)(F)F)c(OC([2H])([2H])[2H])cc1CCNCC1CC1. The molecule has 0 amide bonds. The summed E-state index contributed by atoms with van der Waals surface area (Å²) in [4.78, 5) is 0. The standard InChI is InChI=1S/C15H20F3NO3/c1-20-12-8-14(22-15(16,17)18)13(21-2)7-11(12)5-6-19-9-10-3-4-10/h7-8,10,19H,3-6,9H2,1-2H3/i1D3,2D3. The number of methoxy groups -OCH3 is 2. The van der Waals surface area contributed by atoms with E-state index in [2.05, 4.69) is 14.8 Å². The summed E-state index contributed by atoms with van der Waals surface area (Å²) < 4.78 is 94.2. The molecule has 0 spiro atoms. The van der Waals surface area contributed by atoms with Gasteiger partial charge in [-0.3, -0.25) is 0 Å². The number of benzene rings is 1. The summed E-state index contributed by atoms with van der Waals surface area (Å²) in [5.41, 5.74) is 0.174. The van der Waals surface area contributed by atoms with Gasteiger partial charge in [-0.25, -0.2) is 0 Å². The normalized spacial score (nSPS) is 20.0. The van der Waals surface area contributed by atoms with E-state index in [0.717, 1.165) is 25.5 Å². The van der Waals surface area contributed by atoms with Crippen LogP contribution in [0.3, 0.4) is 0 Å². The fourth-order valence-corrected chi connectivity index (χ4v) is 2.01. The van der Waals surface area contributed by atoms with Crippen LogP contribution in [0, 0.1) is 5.92 Å². The number of alkyl halides is 3. The quantitative estimate of drug-likeness (QED) is 0.746. The van der Waals surface area contributed by atoms with Crippen molar-refractivity contribution in [2.45, 2.75) is 25.6 Å². The first-order valence-electron chi connectivity index (χ1n) is 9.73. The lowest BCUT2D eigenvalue weighted by molar-refractivity contribution is -0.275. The molecule has 0 bridgehead atoms. The van der Waals surface area contributed by atoms with Gasteiger partial charge in [-0.2, -0.15) is 0 Å². The molecule has 4 nitrogen and oxygen atoms in total. The van der Waals surface area contributed by atoms with Crippen LogP contribution in [-0.2, 0) is 6.42 Å². The van der Waals surface area contributed by atoms with E-state index >= 15 is 0 Å². The Morgan fingerprint density at radius 3 is 2.55 bits per heavy atom. The minimum Gasteiger partial charge on any atom is -0.496 e. The van der Waals surface area contributed by atoms with E-state index in [1.165, 1.54) is 0 Å². The van der Waals surface area contributed by atoms with Crippen molar-refractivity contribution in [1.82, 2.24) is 5.32 Å². The van der Waals surface area contributed by atoms with Crippen LogP contribution in [-0.4, -0.2) is 33.5 Å². The second-order valence-electron chi connectivity index (χ2n) is 5.06. The fraction of sp³-hybridized carbons (Fsp3) is 0.600. The molecule has 0 heterocycles. The van der Waals surface area contributed by atoms with Crippen molar-refractivity contribution in [2.24, 2.45) is 5.92 Å². The highest BCUT2D eigenvalue weighted by Crippen LogP contribution is 2.38. The van der Waals surface area contributed by atoms with Gasteiger partial charge in [-0.15, -0.1) is 13.2 Å². The third-order valence-corrected chi connectivity index (χ3v) is 3.27. The number of ether oxygens (including phenoxy) is 3. The van der Waals surface area contributed by atoms with E-state index in [-0.39, 0.29) is 17.7 Å². The first-order chi connectivity index (χ1) is 12.7. The maximum absolute atomic E-state index is 12.7. The molecule has 22 heavy (non-hydrogen) atoms. The predicted molar refractivity (Wildman–Crippen MR) is 75.5 cm³/mol. The molecule has 0 aliphatic heterocycles. The number of halogens is 3. The van der Waals surface area contributed by atoms with Crippen molar-refractivity contribution < 1.29 is 35.6 Å². The Labute approximate surface area is 136 Å². The zero-order chi connectivity index (χ0) is 21.2. The van der Waals surface area contributed by atoms with E-state index in [1.807, 2.05) is 0 Å². The van der Waals surface area contributed by atoms with Crippen molar-refractivity contribution in [3.63, 3.8) is 0 Å². The average molecular weight is 325 g/mol. The van der Waals surface area contributed by atoms with Gasteiger partial charge in [0.2, 0.25) is 0 Å². The molecule has 0 saturated heterocycles. The maximum Gasteiger partial charge on any atom is 0.573 e. The molecule has 1 aromatic carbocycles. The van der Waals surface area contributed by atoms with Crippen molar-refractivity contribution >= 4 is 0 Å². The molecule has 1 aliphatic rings. The van der Waals surface area contributed by atoms with E-state index in [0.29, 0.717) is 18.5 Å². The lowest BCUT2D eigenvalue weighted by Crippen LogP contribution is -2.20. The summed E-state index contributed by atoms with van der Waals surface area (Å²) in [6.07, 6.45) is -2.71. The largest absolute Gasteiger partial charge is 0.573 e. The summed E-state index contributed by atoms with van der Waals surface area (Å²) in [6.45, 7) is 1.16. The van der Waals surface area contributed by atoms with E-state index in [1.54, 1.807) is 0 Å². The Balaban J connectivity index is 2.32. The molecule has 0 radical (unpaired) electrons. The van der Waals surface area contributed by atoms with Crippen LogP contribution in [0.2, 0.25) is 0 Å². The van der Waals surface area contributed by atoms with Gasteiger partial charge in [0.05, 0.1) is 22.3 Å². The van der Waals surface area contributed by atoms with Crippen LogP contribution in [0.1, 0.15) is 26.6 Å². The van der Waals surface area contributed by atoms with Crippen LogP contribution < -0.4 is 19.5 Å². The van der Waals surface area contributed by atoms with Gasteiger partial charge in [0.25, 0.3) is 0 Å². The van der Waals surface area contributed by atoms with Crippen molar-refractivity contribution in [1.29, 1.82) is 0 Å². The number of rotatable bonds is 8. The van der Waals surface area contributed by atoms with Crippen LogP contribution in [0.4, 0.5) is 13.2 Å². The van der Waals surface area contributed by atoms with Crippen LogP contribution in [0.15, 0.2) is 12.1 Å². The summed E-state index contributed by atoms with van der Waals surface area (Å²) in [6, 6.07) is 1.67. The zero-order valence-corrected chi connectivity index (χ0v) is 11.6. The Bertz CT molecular complexity index is 675. The molecule has 7 heteroatoms. The number of hydrogen-bond donors (Lipinski definition) is 1. The van der Waals surface area contributed by atoms with Gasteiger partial charge in [-0.1, -0.05) is 0 Å². The summed E-state index contributed by atoms with van der Waals surface area (Å²) >= 11 is 0. The van der Waals surface area contributed by atoms with Crippen LogP contribution >= 0.6 is 0 Å². The topological polar surface area (TPSA) is 39.7 Å². The Kier molecular flexibility index (Phi) is 3.29. The lowest BCUT2D eigenvalue weighted by Gasteiger charge is -2.16. The van der Waals surface area contributed by atoms with Crippen molar-refractivity contribution in [2.75, 3.05) is 27.2 Å². The van der Waals surface area contributed by atoms with Gasteiger partial charge in [0.1, 0.15) is 5.75 Å². The summed E-state index contributed by atoms with van der Waals surface area (Å²) in [5.74, 6) is -1.47. The van der Waals surface area contributed by atoms with Gasteiger partial charge < -0.3 is 19.5 Å². The highest BCUT2D eigenvalue weighted by molar-refractivity contribution is 5.51. The molecular weight excluding hydrogens is 299 g/mol. The smallest absolute Gasteiger partial charge is 0.496 e. The first kappa shape index (κ1) is 10.2. The summed E-state index contributed by atoms with van der Waals surface area (Å²) in [7, 11) is -5.95. The Morgan fingerprint density at radius 2 is 1.91 bits per heavy atom. The Hall–Kier alpha value is -1.63. The molecule has 0 atom stereocenters. The number of hydrogen-bond acceptors (Lipinski definition) is 4. The molecule has 1 aliphatic carbocycles. The fourth-order valence-electron chi connectivity index (χ4n) is 2.01. The van der Waals surface area contributed by atoms with Crippen molar-refractivity contribution in [3.05, 3.63) is 17.7 Å². The first-order valence-corrected chi connectivity index (χ1v) is 6.73. The van der Waals surface area contributed by atoms with E-state index in [4.69, 9.17) is 13.0 Å². The third kappa shape index (κ3) is 4.98. The molecule has 1 N–H and O–H groups in total. The van der Waals surface area contributed by atoms with E-state index < -0.39 is 31.9 Å². The molecule has 1 fully saturated rings. The minimum atomic E-state index is -5.14. The molecule has 1 saturated carbocycles. The Morgan fingerprint density at radius 1 is 1.18 bits per heavy atom. The van der Waals surface area contributed by atoms with E-state index in [9.17, 15) is 13.2 Å². The van der Waals surface area contributed by atoms with Crippen LogP contribution in [0.5, 0.6) is 17.2 Å². The van der Waals surface area contributed by atoms with Gasteiger partial charge in [0.15, 0.2) is 11.5 Å². The molecule has 2 rings (SSSR count). The van der Waals surface area contributed by atoms with Gasteiger partial charge in [-0.05, 0) is 49.9 Å². The predicted octanol–water partition coefficient (Wildman–Crippen LogP) is 3.14. The second-order valence-corrected chi connectivity index (χ2v) is 5.06. The highest BCUT2D eigenvalue weighted by atomic mass is 19.4.